The lowest BCUT2D eigenvalue weighted by atomic mass is 10.0. The summed E-state index contributed by atoms with van der Waals surface area (Å²) in [6.07, 6.45) is -0.461. The van der Waals surface area contributed by atoms with Crippen LogP contribution in [-0.2, 0) is 9.53 Å². The highest BCUT2D eigenvalue weighted by Crippen LogP contribution is 2.33. The highest BCUT2D eigenvalue weighted by atomic mass is 16.5. The minimum Gasteiger partial charge on any atom is -0.497 e. The largest absolute Gasteiger partial charge is 0.497 e. The van der Waals surface area contributed by atoms with E-state index in [0.717, 1.165) is 17.0 Å². The monoisotopic (exact) mass is 326 g/mol. The Hall–Kier alpha value is -3.02. The average molecular weight is 326 g/mol. The molecule has 0 aliphatic carbocycles. The molecule has 0 fully saturated rings. The lowest BCUT2D eigenvalue weighted by Gasteiger charge is -2.37. The molecular formula is C18H18N2O4. The van der Waals surface area contributed by atoms with E-state index in [1.165, 1.54) is 12.0 Å². The van der Waals surface area contributed by atoms with E-state index in [4.69, 9.17) is 9.47 Å². The van der Waals surface area contributed by atoms with Crippen molar-refractivity contribution in [1.82, 2.24) is 4.90 Å². The molecule has 1 atom stereocenters. The van der Waals surface area contributed by atoms with E-state index in [2.05, 4.69) is 5.32 Å². The Morgan fingerprint density at radius 3 is 2.50 bits per heavy atom. The summed E-state index contributed by atoms with van der Waals surface area (Å²) in [5.74, 6) is 0.0411. The smallest absolute Gasteiger partial charge is 0.325 e. The van der Waals surface area contributed by atoms with Crippen molar-refractivity contribution in [2.45, 2.75) is 6.17 Å². The van der Waals surface area contributed by atoms with Crippen molar-refractivity contribution >= 4 is 17.6 Å². The molecule has 0 aromatic heterocycles. The van der Waals surface area contributed by atoms with E-state index in [0.29, 0.717) is 5.56 Å². The number of amides is 1. The zero-order chi connectivity index (χ0) is 17.1. The summed E-state index contributed by atoms with van der Waals surface area (Å²) in [5.41, 5.74) is 2.12. The van der Waals surface area contributed by atoms with Gasteiger partial charge >= 0.3 is 5.97 Å². The summed E-state index contributed by atoms with van der Waals surface area (Å²) in [4.78, 5) is 26.0. The topological polar surface area (TPSA) is 67.9 Å². The van der Waals surface area contributed by atoms with Crippen LogP contribution in [0.5, 0.6) is 5.75 Å². The summed E-state index contributed by atoms with van der Waals surface area (Å²) in [6, 6.07) is 14.6. The third kappa shape index (κ3) is 2.90. The quantitative estimate of drug-likeness (QED) is 0.874. The summed E-state index contributed by atoms with van der Waals surface area (Å²) < 4.78 is 9.90. The van der Waals surface area contributed by atoms with Crippen LogP contribution in [0.25, 0.3) is 0 Å². The van der Waals surface area contributed by atoms with Crippen molar-refractivity contribution in [2.75, 3.05) is 26.1 Å². The normalized spacial score (nSPS) is 16.2. The third-order valence-corrected chi connectivity index (χ3v) is 3.98. The molecule has 0 saturated heterocycles. The fourth-order valence-electron chi connectivity index (χ4n) is 2.71. The standard InChI is InChI=1S/C18H18N2O4/c1-23-13-9-7-12(8-10-13)17-19-15-6-4-3-5-14(15)18(22)20(17)11-16(21)24-2/h3-10,17,19H,11H2,1-2H3/t17-/m1/s1. The van der Waals surface area contributed by atoms with E-state index in [-0.39, 0.29) is 12.5 Å². The molecule has 1 aliphatic rings. The number of carbonyl (C=O) groups excluding carboxylic acids is 2. The van der Waals surface area contributed by atoms with Gasteiger partial charge in [0.25, 0.3) is 5.91 Å². The molecule has 0 saturated carbocycles. The lowest BCUT2D eigenvalue weighted by Crippen LogP contribution is -2.45. The number of nitrogens with zero attached hydrogens (tertiary/aromatic N) is 1. The number of ether oxygens (including phenoxy) is 2. The van der Waals surface area contributed by atoms with E-state index < -0.39 is 12.1 Å². The Kier molecular flexibility index (Phi) is 4.37. The van der Waals surface area contributed by atoms with Crippen molar-refractivity contribution in [2.24, 2.45) is 0 Å². The van der Waals surface area contributed by atoms with Crippen molar-refractivity contribution in [3.8, 4) is 5.75 Å². The van der Waals surface area contributed by atoms with Crippen LogP contribution in [0.1, 0.15) is 22.1 Å². The molecule has 6 heteroatoms. The van der Waals surface area contributed by atoms with Gasteiger partial charge in [-0.1, -0.05) is 24.3 Å². The predicted octanol–water partition coefficient (Wildman–Crippen LogP) is 2.43. The van der Waals surface area contributed by atoms with Crippen LogP contribution < -0.4 is 10.1 Å². The molecule has 1 N–H and O–H groups in total. The Morgan fingerprint density at radius 1 is 1.12 bits per heavy atom. The zero-order valence-electron chi connectivity index (χ0n) is 13.5. The number of nitrogens with one attached hydrogen (secondary N) is 1. The molecule has 0 spiro atoms. The van der Waals surface area contributed by atoms with Gasteiger partial charge in [0.05, 0.1) is 19.8 Å². The van der Waals surface area contributed by atoms with Gasteiger partial charge < -0.3 is 19.7 Å². The molecule has 1 amide bonds. The van der Waals surface area contributed by atoms with Crippen molar-refractivity contribution in [3.63, 3.8) is 0 Å². The Morgan fingerprint density at radius 2 is 1.83 bits per heavy atom. The molecule has 0 unspecified atom stereocenters. The number of esters is 1. The SMILES string of the molecule is COC(=O)CN1C(=O)c2ccccc2N[C@H]1c1ccc(OC)cc1. The fraction of sp³-hybridized carbons (Fsp3) is 0.222. The summed E-state index contributed by atoms with van der Waals surface area (Å²) in [7, 11) is 2.90. The van der Waals surface area contributed by atoms with E-state index in [9.17, 15) is 9.59 Å². The first-order chi connectivity index (χ1) is 11.6. The summed E-state index contributed by atoms with van der Waals surface area (Å²) in [6.45, 7) is -0.132. The molecule has 3 rings (SSSR count). The van der Waals surface area contributed by atoms with Gasteiger partial charge in [0, 0.05) is 5.69 Å². The average Bonchev–Trinajstić information content (AvgIpc) is 2.64. The maximum absolute atomic E-state index is 12.8. The highest BCUT2D eigenvalue weighted by molar-refractivity contribution is 6.02. The second-order valence-electron chi connectivity index (χ2n) is 5.37. The first-order valence-electron chi connectivity index (χ1n) is 7.51. The second kappa shape index (κ2) is 6.62. The number of anilines is 1. The van der Waals surface area contributed by atoms with Gasteiger partial charge in [-0.25, -0.2) is 0 Å². The van der Waals surface area contributed by atoms with Crippen LogP contribution >= 0.6 is 0 Å². The highest BCUT2D eigenvalue weighted by Gasteiger charge is 2.34. The second-order valence-corrected chi connectivity index (χ2v) is 5.37. The minimum absolute atomic E-state index is 0.132. The molecule has 1 heterocycles. The Labute approximate surface area is 140 Å². The fourth-order valence-corrected chi connectivity index (χ4v) is 2.71. The minimum atomic E-state index is -0.469. The molecule has 2 aromatic carbocycles. The maximum Gasteiger partial charge on any atom is 0.325 e. The van der Waals surface area contributed by atoms with Crippen LogP contribution in [0.3, 0.4) is 0 Å². The number of para-hydroxylation sites is 1. The van der Waals surface area contributed by atoms with Crippen molar-refractivity contribution in [3.05, 3.63) is 59.7 Å². The van der Waals surface area contributed by atoms with E-state index in [1.54, 1.807) is 19.2 Å². The number of hydrogen-bond donors (Lipinski definition) is 1. The Bertz CT molecular complexity index is 758. The molecule has 2 aromatic rings. The molecule has 1 aliphatic heterocycles. The number of fused-ring (bicyclic) bond motifs is 1. The third-order valence-electron chi connectivity index (χ3n) is 3.98. The van der Waals surface area contributed by atoms with Crippen molar-refractivity contribution < 1.29 is 19.1 Å². The van der Waals surface area contributed by atoms with Crippen LogP contribution in [-0.4, -0.2) is 37.5 Å². The summed E-state index contributed by atoms with van der Waals surface area (Å²) in [5, 5.41) is 3.32. The number of rotatable bonds is 4. The molecule has 24 heavy (non-hydrogen) atoms. The van der Waals surface area contributed by atoms with Gasteiger partial charge in [0.1, 0.15) is 18.5 Å². The molecular weight excluding hydrogens is 308 g/mol. The van der Waals surface area contributed by atoms with Gasteiger partial charge in [-0.3, -0.25) is 9.59 Å². The molecule has 124 valence electrons. The summed E-state index contributed by atoms with van der Waals surface area (Å²) >= 11 is 0. The number of hydrogen-bond acceptors (Lipinski definition) is 5. The number of benzene rings is 2. The molecule has 6 nitrogen and oxygen atoms in total. The van der Waals surface area contributed by atoms with Crippen LogP contribution in [0.15, 0.2) is 48.5 Å². The van der Waals surface area contributed by atoms with Crippen molar-refractivity contribution in [1.29, 1.82) is 0 Å². The van der Waals surface area contributed by atoms with Gasteiger partial charge in [-0.05, 0) is 29.8 Å². The Balaban J connectivity index is 2.00. The van der Waals surface area contributed by atoms with Gasteiger partial charge in [-0.2, -0.15) is 0 Å². The zero-order valence-corrected chi connectivity index (χ0v) is 13.5. The van der Waals surface area contributed by atoms with Gasteiger partial charge in [0.15, 0.2) is 0 Å². The molecule has 0 radical (unpaired) electrons. The number of methoxy groups -OCH3 is 2. The van der Waals surface area contributed by atoms with Gasteiger partial charge in [-0.15, -0.1) is 0 Å². The van der Waals surface area contributed by atoms with Crippen LogP contribution in [0.2, 0.25) is 0 Å². The maximum atomic E-state index is 12.8. The molecule has 0 bridgehead atoms. The number of carbonyl (C=O) groups is 2. The van der Waals surface area contributed by atoms with Crippen LogP contribution in [0, 0.1) is 0 Å². The predicted molar refractivity (Wildman–Crippen MR) is 88.9 cm³/mol. The van der Waals surface area contributed by atoms with E-state index in [1.807, 2.05) is 36.4 Å². The first kappa shape index (κ1) is 15.9. The van der Waals surface area contributed by atoms with Gasteiger partial charge in [0.2, 0.25) is 0 Å². The van der Waals surface area contributed by atoms with E-state index >= 15 is 0 Å². The lowest BCUT2D eigenvalue weighted by molar-refractivity contribution is -0.141. The van der Waals surface area contributed by atoms with Crippen LogP contribution in [0.4, 0.5) is 5.69 Å². The first-order valence-corrected chi connectivity index (χ1v) is 7.51.